The van der Waals surface area contributed by atoms with Crippen molar-refractivity contribution in [1.82, 2.24) is 4.90 Å². The van der Waals surface area contributed by atoms with Gasteiger partial charge in [-0.1, -0.05) is 18.2 Å². The lowest BCUT2D eigenvalue weighted by molar-refractivity contribution is -0.117. The molecule has 4 heteroatoms. The lowest BCUT2D eigenvalue weighted by Crippen LogP contribution is -2.36. The van der Waals surface area contributed by atoms with E-state index >= 15 is 0 Å². The molecule has 0 saturated carbocycles. The molecule has 1 aromatic carbocycles. The Labute approximate surface area is 102 Å². The van der Waals surface area contributed by atoms with E-state index in [-0.39, 0.29) is 18.5 Å². The third-order valence-corrected chi connectivity index (χ3v) is 2.59. The average molecular weight is 231 g/mol. The van der Waals surface area contributed by atoms with Crippen molar-refractivity contribution in [2.24, 2.45) is 0 Å². The van der Waals surface area contributed by atoms with E-state index < -0.39 is 0 Å². The maximum atomic E-state index is 11.7. The van der Waals surface area contributed by atoms with E-state index in [4.69, 9.17) is 5.26 Å². The van der Waals surface area contributed by atoms with Crippen molar-refractivity contribution in [3.8, 4) is 6.07 Å². The van der Waals surface area contributed by atoms with Gasteiger partial charge in [0.15, 0.2) is 0 Å². The summed E-state index contributed by atoms with van der Waals surface area (Å²) in [6.45, 7) is 2.22. The Morgan fingerprint density at radius 3 is 2.71 bits per heavy atom. The fourth-order valence-corrected chi connectivity index (χ4v) is 1.39. The second kappa shape index (κ2) is 6.66. The minimum absolute atomic E-state index is 0.0662. The minimum atomic E-state index is -0.0662. The van der Waals surface area contributed by atoms with Crippen molar-refractivity contribution >= 4 is 11.6 Å². The van der Waals surface area contributed by atoms with E-state index in [9.17, 15) is 4.79 Å². The van der Waals surface area contributed by atoms with Crippen molar-refractivity contribution in [3.05, 3.63) is 30.3 Å². The van der Waals surface area contributed by atoms with Gasteiger partial charge in [0, 0.05) is 11.7 Å². The predicted octanol–water partition coefficient (Wildman–Crippen LogP) is 1.86. The highest BCUT2D eigenvalue weighted by Gasteiger charge is 2.12. The monoisotopic (exact) mass is 231 g/mol. The zero-order chi connectivity index (χ0) is 12.7. The van der Waals surface area contributed by atoms with Crippen LogP contribution < -0.4 is 5.32 Å². The van der Waals surface area contributed by atoms with Gasteiger partial charge in [-0.3, -0.25) is 9.69 Å². The Morgan fingerprint density at radius 2 is 2.12 bits per heavy atom. The number of hydrogen-bond acceptors (Lipinski definition) is 3. The number of carbonyl (C=O) groups is 1. The summed E-state index contributed by atoms with van der Waals surface area (Å²) in [5.41, 5.74) is 0.791. The van der Waals surface area contributed by atoms with Crippen molar-refractivity contribution in [2.75, 3.05) is 18.9 Å². The molecule has 17 heavy (non-hydrogen) atoms. The number of nitrogens with zero attached hydrogens (tertiary/aromatic N) is 2. The van der Waals surface area contributed by atoms with Crippen LogP contribution in [-0.4, -0.2) is 30.4 Å². The van der Waals surface area contributed by atoms with Gasteiger partial charge in [-0.25, -0.2) is 0 Å². The molecule has 1 N–H and O–H groups in total. The second-order valence-corrected chi connectivity index (χ2v) is 4.04. The smallest absolute Gasteiger partial charge is 0.238 e. The molecular weight excluding hydrogens is 214 g/mol. The summed E-state index contributed by atoms with van der Waals surface area (Å²) in [6, 6.07) is 11.5. The number of hydrogen-bond donors (Lipinski definition) is 1. The third-order valence-electron chi connectivity index (χ3n) is 2.59. The number of anilines is 1. The molecule has 0 aromatic heterocycles. The van der Waals surface area contributed by atoms with E-state index in [1.807, 2.05) is 49.2 Å². The van der Waals surface area contributed by atoms with Gasteiger partial charge in [0.25, 0.3) is 0 Å². The highest BCUT2D eigenvalue weighted by Crippen LogP contribution is 2.05. The predicted molar refractivity (Wildman–Crippen MR) is 67.4 cm³/mol. The van der Waals surface area contributed by atoms with Crippen LogP contribution >= 0.6 is 0 Å². The van der Waals surface area contributed by atoms with Crippen molar-refractivity contribution < 1.29 is 4.79 Å². The van der Waals surface area contributed by atoms with Crippen LogP contribution in [0.1, 0.15) is 13.3 Å². The SMILES string of the molecule is CC(CC#N)N(C)CC(=O)Nc1ccccc1. The Kier molecular flexibility index (Phi) is 5.18. The van der Waals surface area contributed by atoms with E-state index in [2.05, 4.69) is 11.4 Å². The molecule has 0 aliphatic carbocycles. The summed E-state index contributed by atoms with van der Waals surface area (Å²) in [6.07, 6.45) is 0.426. The Balaban J connectivity index is 2.42. The van der Waals surface area contributed by atoms with Gasteiger partial charge in [-0.15, -0.1) is 0 Å². The van der Waals surface area contributed by atoms with Gasteiger partial charge in [0.1, 0.15) is 0 Å². The van der Waals surface area contributed by atoms with Crippen LogP contribution in [0.25, 0.3) is 0 Å². The molecule has 1 atom stereocenters. The summed E-state index contributed by atoms with van der Waals surface area (Å²) >= 11 is 0. The maximum Gasteiger partial charge on any atom is 0.238 e. The number of amides is 1. The Hall–Kier alpha value is -1.86. The standard InChI is InChI=1S/C13H17N3O/c1-11(8-9-14)16(2)10-13(17)15-12-6-4-3-5-7-12/h3-7,11H,8,10H2,1-2H3,(H,15,17). The molecular formula is C13H17N3O. The van der Waals surface area contributed by atoms with Gasteiger partial charge < -0.3 is 5.32 Å². The first-order valence-corrected chi connectivity index (χ1v) is 5.55. The van der Waals surface area contributed by atoms with Crippen LogP contribution in [0.3, 0.4) is 0 Å². The molecule has 90 valence electrons. The van der Waals surface area contributed by atoms with Crippen molar-refractivity contribution in [3.63, 3.8) is 0 Å². The molecule has 1 amide bonds. The first-order valence-electron chi connectivity index (χ1n) is 5.55. The molecule has 0 radical (unpaired) electrons. The zero-order valence-electron chi connectivity index (χ0n) is 10.2. The number of nitrogens with one attached hydrogen (secondary N) is 1. The summed E-state index contributed by atoms with van der Waals surface area (Å²) in [5.74, 6) is -0.0662. The number of para-hydroxylation sites is 1. The molecule has 1 rings (SSSR count). The molecule has 0 heterocycles. The minimum Gasteiger partial charge on any atom is -0.325 e. The normalized spacial score (nSPS) is 11.9. The maximum absolute atomic E-state index is 11.7. The second-order valence-electron chi connectivity index (χ2n) is 4.04. The number of likely N-dealkylation sites (N-methyl/N-ethyl adjacent to an activating group) is 1. The summed E-state index contributed by atoms with van der Waals surface area (Å²) < 4.78 is 0. The fourth-order valence-electron chi connectivity index (χ4n) is 1.39. The number of carbonyl (C=O) groups excluding carboxylic acids is 1. The summed E-state index contributed by atoms with van der Waals surface area (Å²) in [5, 5.41) is 11.4. The number of rotatable bonds is 5. The molecule has 0 aliphatic rings. The van der Waals surface area contributed by atoms with E-state index in [1.54, 1.807) is 0 Å². The molecule has 4 nitrogen and oxygen atoms in total. The van der Waals surface area contributed by atoms with Gasteiger partial charge in [-0.05, 0) is 26.1 Å². The van der Waals surface area contributed by atoms with Crippen LogP contribution in [0, 0.1) is 11.3 Å². The van der Waals surface area contributed by atoms with Gasteiger partial charge in [0.2, 0.25) is 5.91 Å². The summed E-state index contributed by atoms with van der Waals surface area (Å²) in [7, 11) is 1.84. The quantitative estimate of drug-likeness (QED) is 0.841. The molecule has 0 spiro atoms. The zero-order valence-corrected chi connectivity index (χ0v) is 10.2. The average Bonchev–Trinajstić information content (AvgIpc) is 2.30. The molecule has 0 bridgehead atoms. The molecule has 1 aromatic rings. The molecule has 0 fully saturated rings. The molecule has 0 aliphatic heterocycles. The first kappa shape index (κ1) is 13.2. The van der Waals surface area contributed by atoms with E-state index in [1.165, 1.54) is 0 Å². The van der Waals surface area contributed by atoms with Crippen LogP contribution in [0.2, 0.25) is 0 Å². The molecule has 0 saturated heterocycles. The van der Waals surface area contributed by atoms with Gasteiger partial charge in [0.05, 0.1) is 19.0 Å². The topological polar surface area (TPSA) is 56.1 Å². The van der Waals surface area contributed by atoms with Gasteiger partial charge >= 0.3 is 0 Å². The number of nitriles is 1. The van der Waals surface area contributed by atoms with Gasteiger partial charge in [-0.2, -0.15) is 5.26 Å². The van der Waals surface area contributed by atoms with Crippen LogP contribution in [0.4, 0.5) is 5.69 Å². The highest BCUT2D eigenvalue weighted by atomic mass is 16.2. The van der Waals surface area contributed by atoms with Crippen LogP contribution in [0.5, 0.6) is 0 Å². The lowest BCUT2D eigenvalue weighted by Gasteiger charge is -2.21. The van der Waals surface area contributed by atoms with E-state index in [0.29, 0.717) is 6.42 Å². The number of benzene rings is 1. The Morgan fingerprint density at radius 1 is 1.47 bits per heavy atom. The summed E-state index contributed by atoms with van der Waals surface area (Å²) in [4.78, 5) is 13.6. The van der Waals surface area contributed by atoms with E-state index in [0.717, 1.165) is 5.69 Å². The first-order chi connectivity index (χ1) is 8.13. The fraction of sp³-hybridized carbons (Fsp3) is 0.385. The largest absolute Gasteiger partial charge is 0.325 e. The van der Waals surface area contributed by atoms with Crippen LogP contribution in [-0.2, 0) is 4.79 Å². The van der Waals surface area contributed by atoms with Crippen molar-refractivity contribution in [2.45, 2.75) is 19.4 Å². The Bertz CT molecular complexity index is 397. The highest BCUT2D eigenvalue weighted by molar-refractivity contribution is 5.92. The lowest BCUT2D eigenvalue weighted by atomic mass is 10.2. The molecule has 1 unspecified atom stereocenters. The third kappa shape index (κ3) is 4.66. The van der Waals surface area contributed by atoms with Crippen LogP contribution in [0.15, 0.2) is 30.3 Å². The van der Waals surface area contributed by atoms with Crippen molar-refractivity contribution in [1.29, 1.82) is 5.26 Å².